The molecule has 2 aromatic heterocycles. The molecule has 0 amide bonds. The summed E-state index contributed by atoms with van der Waals surface area (Å²) in [5, 5.41) is 24.3. The van der Waals surface area contributed by atoms with E-state index in [0.29, 0.717) is 12.1 Å². The molecule has 2 fully saturated rings. The molecule has 55 heavy (non-hydrogen) atoms. The van der Waals surface area contributed by atoms with Crippen LogP contribution in [0, 0.1) is 13.8 Å². The normalized spacial score (nSPS) is 23.6. The topological polar surface area (TPSA) is 94.8 Å². The minimum absolute atomic E-state index is 0. The molecule has 4 atom stereocenters. The van der Waals surface area contributed by atoms with Crippen molar-refractivity contribution >= 4 is 46.6 Å². The summed E-state index contributed by atoms with van der Waals surface area (Å²) in [6.45, 7) is 16.6. The number of aliphatic hydroxyl groups excluding tert-OH is 2. The van der Waals surface area contributed by atoms with Crippen LogP contribution in [0.1, 0.15) is 97.1 Å². The van der Waals surface area contributed by atoms with Crippen molar-refractivity contribution in [2.75, 3.05) is 65.4 Å². The van der Waals surface area contributed by atoms with Crippen LogP contribution in [0.4, 0.5) is 0 Å². The summed E-state index contributed by atoms with van der Waals surface area (Å²) >= 11 is 0. The predicted molar refractivity (Wildman–Crippen MR) is 229 cm³/mol. The molecule has 0 saturated carbocycles. The van der Waals surface area contributed by atoms with Crippen molar-refractivity contribution in [1.82, 2.24) is 28.7 Å². The van der Waals surface area contributed by atoms with Crippen LogP contribution in [0.25, 0.3) is 21.8 Å². The number of aliphatic hydroxyl groups is 2. The van der Waals surface area contributed by atoms with E-state index in [1.807, 2.05) is 0 Å². The minimum Gasteiger partial charge on any atom is -0.412 e. The number of aromatic nitrogens is 2. The highest BCUT2D eigenvalue weighted by Crippen LogP contribution is 2.44. The third-order valence-electron chi connectivity index (χ3n) is 13.5. The second-order valence-electron chi connectivity index (χ2n) is 17.2. The maximum absolute atomic E-state index is 10.7. The van der Waals surface area contributed by atoms with Gasteiger partial charge >= 0.3 is 0 Å². The molecule has 2 aromatic carbocycles. The Labute approximate surface area is 340 Å². The van der Waals surface area contributed by atoms with Crippen LogP contribution in [0.5, 0.6) is 0 Å². The number of nitrogens with zero attached hydrogens (tertiary/aromatic N) is 6. The molecule has 6 heterocycles. The molecule has 11 heteroatoms. The lowest BCUT2D eigenvalue weighted by molar-refractivity contribution is 0.0463. The number of β-amino-alcohol motifs (C(OH)–C–C–N with tert-alkyl or cyclic N) is 2. The fraction of sp³-hybridized carbons (Fsp3) is 0.636. The lowest BCUT2D eigenvalue weighted by Gasteiger charge is -2.41. The van der Waals surface area contributed by atoms with Crippen molar-refractivity contribution in [3.05, 3.63) is 70.0 Å². The van der Waals surface area contributed by atoms with Crippen LogP contribution in [0.2, 0.25) is 0 Å². The Balaban J connectivity index is 0.000000177. The molecule has 0 radical (unpaired) electrons. The van der Waals surface area contributed by atoms with Crippen LogP contribution < -0.4 is 0 Å². The molecule has 6 aliphatic rings. The van der Waals surface area contributed by atoms with E-state index in [9.17, 15) is 10.2 Å². The smallest absolute Gasteiger partial charge is 0.0794 e. The first-order valence-electron chi connectivity index (χ1n) is 20.9. The third kappa shape index (κ3) is 8.39. The molecule has 2 aliphatic carbocycles. The molecule has 2 saturated heterocycles. The standard InChI is InChI=1S/2C22H31N3O.2ClH.H2O/c2*1-16-7-8-20-19(13-16)18-5-4-6-21-22(18)25(20)12-11-24(21)15-17(26)14-23-9-2-3-10-23;;;/h2*7-8,13,17,21,26H,2-6,9-12,14-15H2,1H3;2*1H;1H2. The zero-order valence-electron chi connectivity index (χ0n) is 33.2. The second-order valence-corrected chi connectivity index (χ2v) is 17.2. The van der Waals surface area contributed by atoms with E-state index in [-0.39, 0.29) is 42.5 Å². The van der Waals surface area contributed by atoms with E-state index in [1.165, 1.54) is 97.1 Å². The van der Waals surface area contributed by atoms with Crippen LogP contribution in [-0.2, 0) is 25.9 Å². The van der Waals surface area contributed by atoms with E-state index in [2.05, 4.69) is 79.0 Å². The number of hydrogen-bond acceptors (Lipinski definition) is 6. The monoisotopic (exact) mass is 796 g/mol. The van der Waals surface area contributed by atoms with Crippen LogP contribution in [0.15, 0.2) is 36.4 Å². The second kappa shape index (κ2) is 18.2. The van der Waals surface area contributed by atoms with Crippen LogP contribution in [-0.4, -0.2) is 122 Å². The lowest BCUT2D eigenvalue weighted by Crippen LogP contribution is -2.45. The van der Waals surface area contributed by atoms with Gasteiger partial charge in [0.2, 0.25) is 0 Å². The Hall–Kier alpha value is -2.18. The Bertz CT molecular complexity index is 1760. The van der Waals surface area contributed by atoms with Gasteiger partial charge in [-0.05, 0) is 140 Å². The molecule has 4 aromatic rings. The average Bonchev–Trinajstić information content (AvgIpc) is 3.96. The SMILES string of the molecule is Cc1ccc2c(c1)c1c3n2CCN(CC(O)CN2CCCC2)C3CCC1.Cc1ccc2c(c1)c1c3n2CCN(CC(O)CN2CCCC2)C3CCC1.Cl.Cl.O. The zero-order chi connectivity index (χ0) is 35.3. The number of fused-ring (bicyclic) bond motifs is 6. The quantitative estimate of drug-likeness (QED) is 0.220. The summed E-state index contributed by atoms with van der Waals surface area (Å²) in [6, 6.07) is 14.9. The summed E-state index contributed by atoms with van der Waals surface area (Å²) in [6.07, 6.45) is 12.2. The summed E-state index contributed by atoms with van der Waals surface area (Å²) in [5.41, 5.74) is 11.8. The Kier molecular flexibility index (Phi) is 14.0. The highest BCUT2D eigenvalue weighted by Gasteiger charge is 2.37. The Morgan fingerprint density at radius 3 is 1.35 bits per heavy atom. The van der Waals surface area contributed by atoms with Crippen LogP contribution >= 0.6 is 24.8 Å². The molecule has 304 valence electrons. The number of hydrogen-bond donors (Lipinski definition) is 2. The molecule has 9 nitrogen and oxygen atoms in total. The van der Waals surface area contributed by atoms with Gasteiger partial charge in [0.05, 0.1) is 24.3 Å². The van der Waals surface area contributed by atoms with Crippen molar-refractivity contribution in [1.29, 1.82) is 0 Å². The largest absolute Gasteiger partial charge is 0.412 e. The van der Waals surface area contributed by atoms with Gasteiger partial charge in [0.25, 0.3) is 0 Å². The fourth-order valence-electron chi connectivity index (χ4n) is 11.2. The molecule has 4 aliphatic heterocycles. The van der Waals surface area contributed by atoms with Crippen molar-refractivity contribution < 1.29 is 15.7 Å². The van der Waals surface area contributed by atoms with Crippen LogP contribution in [0.3, 0.4) is 0 Å². The van der Waals surface area contributed by atoms with Gasteiger partial charge in [0, 0.05) is 85.6 Å². The van der Waals surface area contributed by atoms with Gasteiger partial charge < -0.3 is 34.6 Å². The molecule has 4 N–H and O–H groups in total. The van der Waals surface area contributed by atoms with Gasteiger partial charge in [-0.15, -0.1) is 24.8 Å². The van der Waals surface area contributed by atoms with Gasteiger partial charge in [0.15, 0.2) is 0 Å². The van der Waals surface area contributed by atoms with Gasteiger partial charge in [-0.2, -0.15) is 0 Å². The number of aryl methyl sites for hydroxylation is 4. The lowest BCUT2D eigenvalue weighted by atomic mass is 9.89. The maximum atomic E-state index is 10.7. The maximum Gasteiger partial charge on any atom is 0.0794 e. The van der Waals surface area contributed by atoms with E-state index in [1.54, 1.807) is 22.5 Å². The number of rotatable bonds is 8. The predicted octanol–water partition coefficient (Wildman–Crippen LogP) is 6.22. The van der Waals surface area contributed by atoms with E-state index < -0.39 is 0 Å². The number of benzene rings is 2. The minimum atomic E-state index is -0.225. The van der Waals surface area contributed by atoms with Gasteiger partial charge in [0.1, 0.15) is 0 Å². The summed E-state index contributed by atoms with van der Waals surface area (Å²) < 4.78 is 5.16. The number of likely N-dealkylation sites (tertiary alicyclic amines) is 2. The first-order valence-corrected chi connectivity index (χ1v) is 20.9. The van der Waals surface area contributed by atoms with Gasteiger partial charge in [-0.1, -0.05) is 23.3 Å². The molecular formula is C44H66Cl2N6O3. The number of halogens is 2. The van der Waals surface area contributed by atoms with E-state index in [4.69, 9.17) is 0 Å². The molecule has 4 unspecified atom stereocenters. The third-order valence-corrected chi connectivity index (χ3v) is 13.5. The summed E-state index contributed by atoms with van der Waals surface area (Å²) in [5.74, 6) is 0. The van der Waals surface area contributed by atoms with Crippen molar-refractivity contribution in [2.24, 2.45) is 0 Å². The van der Waals surface area contributed by atoms with E-state index in [0.717, 1.165) is 78.5 Å². The highest BCUT2D eigenvalue weighted by atomic mass is 35.5. The summed E-state index contributed by atoms with van der Waals surface area (Å²) in [4.78, 5) is 10.0. The van der Waals surface area contributed by atoms with Gasteiger partial charge in [-0.25, -0.2) is 0 Å². The first-order chi connectivity index (χ1) is 25.4. The molecule has 10 rings (SSSR count). The highest BCUT2D eigenvalue weighted by molar-refractivity contribution is 5.88. The van der Waals surface area contributed by atoms with Gasteiger partial charge in [-0.3, -0.25) is 9.80 Å². The molecule has 0 bridgehead atoms. The Morgan fingerprint density at radius 2 is 0.945 bits per heavy atom. The Morgan fingerprint density at radius 1 is 0.545 bits per heavy atom. The summed E-state index contributed by atoms with van der Waals surface area (Å²) in [7, 11) is 0. The first kappa shape index (κ1) is 42.4. The fourth-order valence-corrected chi connectivity index (χ4v) is 11.2. The van der Waals surface area contributed by atoms with Crippen molar-refractivity contribution in [3.63, 3.8) is 0 Å². The average molecular weight is 798 g/mol. The van der Waals surface area contributed by atoms with Crippen molar-refractivity contribution in [2.45, 2.75) is 115 Å². The zero-order valence-corrected chi connectivity index (χ0v) is 34.9. The molecule has 0 spiro atoms. The van der Waals surface area contributed by atoms with Crippen molar-refractivity contribution in [3.8, 4) is 0 Å². The molecular weight excluding hydrogens is 731 g/mol. The van der Waals surface area contributed by atoms with E-state index >= 15 is 0 Å².